The van der Waals surface area contributed by atoms with Crippen molar-refractivity contribution < 1.29 is 13.2 Å². The Kier molecular flexibility index (Phi) is 7.09. The summed E-state index contributed by atoms with van der Waals surface area (Å²) in [5.41, 5.74) is 2.53. The number of anilines is 1. The smallest absolute Gasteiger partial charge is 0.243 e. The highest BCUT2D eigenvalue weighted by atomic mass is 35.5. The van der Waals surface area contributed by atoms with Gasteiger partial charge in [0.2, 0.25) is 15.9 Å². The van der Waals surface area contributed by atoms with Crippen LogP contribution in [-0.4, -0.2) is 55.8 Å². The Morgan fingerprint density at radius 1 is 0.967 bits per heavy atom. The van der Waals surface area contributed by atoms with E-state index in [1.54, 1.807) is 37.3 Å². The minimum atomic E-state index is -3.55. The molecule has 0 aromatic heterocycles. The predicted molar refractivity (Wildman–Crippen MR) is 121 cm³/mol. The zero-order valence-electron chi connectivity index (χ0n) is 17.2. The Bertz CT molecular complexity index is 1030. The van der Waals surface area contributed by atoms with Gasteiger partial charge in [-0.05, 0) is 62.2 Å². The molecule has 1 aliphatic heterocycles. The number of halogens is 2. The van der Waals surface area contributed by atoms with E-state index in [1.165, 1.54) is 4.31 Å². The number of amides is 1. The number of carbonyl (C=O) groups excluding carboxylic acids is 1. The average molecular weight is 470 g/mol. The van der Waals surface area contributed by atoms with E-state index in [2.05, 4.69) is 5.32 Å². The molecule has 1 fully saturated rings. The standard InChI is InChI=1S/C21H25Cl2N3O3S/c1-14-4-5-20(10-15(14)2)30(28,29)26-8-6-25(7-9-26)16(3)21(27)24-19-12-17(22)11-18(23)13-19/h4-5,10-13,16H,6-9H2,1-3H3,(H,24,27)/t16-/m1/s1. The van der Waals surface area contributed by atoms with Crippen LogP contribution in [0.2, 0.25) is 10.0 Å². The maximum absolute atomic E-state index is 13.0. The highest BCUT2D eigenvalue weighted by molar-refractivity contribution is 7.89. The molecule has 3 rings (SSSR count). The van der Waals surface area contributed by atoms with Crippen LogP contribution in [0.1, 0.15) is 18.1 Å². The number of piperazine rings is 1. The zero-order valence-corrected chi connectivity index (χ0v) is 19.5. The molecule has 0 radical (unpaired) electrons. The first-order valence-electron chi connectivity index (χ1n) is 9.66. The van der Waals surface area contributed by atoms with Gasteiger partial charge in [0, 0.05) is 41.9 Å². The molecule has 30 heavy (non-hydrogen) atoms. The molecule has 1 heterocycles. The van der Waals surface area contributed by atoms with E-state index in [1.807, 2.05) is 24.8 Å². The molecule has 1 atom stereocenters. The Morgan fingerprint density at radius 2 is 1.57 bits per heavy atom. The molecule has 162 valence electrons. The summed E-state index contributed by atoms with van der Waals surface area (Å²) in [4.78, 5) is 14.9. The molecule has 2 aromatic rings. The van der Waals surface area contributed by atoms with Gasteiger partial charge in [-0.25, -0.2) is 8.42 Å². The van der Waals surface area contributed by atoms with Crippen molar-refractivity contribution in [3.05, 3.63) is 57.6 Å². The minimum absolute atomic E-state index is 0.196. The van der Waals surface area contributed by atoms with Crippen molar-refractivity contribution in [1.82, 2.24) is 9.21 Å². The normalized spacial score (nSPS) is 17.0. The van der Waals surface area contributed by atoms with E-state index in [0.717, 1.165) is 11.1 Å². The second-order valence-electron chi connectivity index (χ2n) is 7.51. The summed E-state index contributed by atoms with van der Waals surface area (Å²) in [7, 11) is -3.55. The molecule has 0 saturated carbocycles. The minimum Gasteiger partial charge on any atom is -0.325 e. The van der Waals surface area contributed by atoms with Crippen LogP contribution < -0.4 is 5.32 Å². The highest BCUT2D eigenvalue weighted by Gasteiger charge is 2.32. The van der Waals surface area contributed by atoms with Crippen molar-refractivity contribution in [2.45, 2.75) is 31.7 Å². The Balaban J connectivity index is 1.62. The van der Waals surface area contributed by atoms with Crippen LogP contribution in [0, 0.1) is 13.8 Å². The van der Waals surface area contributed by atoms with Crippen LogP contribution in [-0.2, 0) is 14.8 Å². The van der Waals surface area contributed by atoms with Crippen molar-refractivity contribution in [2.75, 3.05) is 31.5 Å². The second kappa shape index (κ2) is 9.24. The second-order valence-corrected chi connectivity index (χ2v) is 10.3. The summed E-state index contributed by atoms with van der Waals surface area (Å²) in [5, 5.41) is 3.70. The Hall–Kier alpha value is -1.64. The lowest BCUT2D eigenvalue weighted by molar-refractivity contribution is -0.121. The molecule has 1 aliphatic rings. The van der Waals surface area contributed by atoms with Crippen molar-refractivity contribution in [1.29, 1.82) is 0 Å². The number of aryl methyl sites for hydroxylation is 2. The SMILES string of the molecule is Cc1ccc(S(=O)(=O)N2CCN([C@H](C)C(=O)Nc3cc(Cl)cc(Cl)c3)CC2)cc1C. The number of hydrogen-bond acceptors (Lipinski definition) is 4. The van der Waals surface area contributed by atoms with Crippen molar-refractivity contribution in [2.24, 2.45) is 0 Å². The molecular formula is C21H25Cl2N3O3S. The van der Waals surface area contributed by atoms with E-state index in [0.29, 0.717) is 46.8 Å². The van der Waals surface area contributed by atoms with Gasteiger partial charge in [-0.1, -0.05) is 29.3 Å². The predicted octanol–water partition coefficient (Wildman–Crippen LogP) is 3.94. The monoisotopic (exact) mass is 469 g/mol. The van der Waals surface area contributed by atoms with Crippen molar-refractivity contribution >= 4 is 44.8 Å². The van der Waals surface area contributed by atoms with Crippen LogP contribution >= 0.6 is 23.2 Å². The molecule has 1 amide bonds. The quantitative estimate of drug-likeness (QED) is 0.719. The van der Waals surface area contributed by atoms with Gasteiger partial charge in [0.1, 0.15) is 0 Å². The molecular weight excluding hydrogens is 445 g/mol. The van der Waals surface area contributed by atoms with Crippen LogP contribution in [0.15, 0.2) is 41.3 Å². The van der Waals surface area contributed by atoms with Gasteiger partial charge in [0.25, 0.3) is 0 Å². The van der Waals surface area contributed by atoms with Crippen molar-refractivity contribution in [3.63, 3.8) is 0 Å². The number of nitrogens with zero attached hydrogens (tertiary/aromatic N) is 2. The van der Waals surface area contributed by atoms with E-state index in [4.69, 9.17) is 23.2 Å². The number of nitrogens with one attached hydrogen (secondary N) is 1. The van der Waals surface area contributed by atoms with Crippen LogP contribution in [0.25, 0.3) is 0 Å². The van der Waals surface area contributed by atoms with E-state index >= 15 is 0 Å². The number of sulfonamides is 1. The third kappa shape index (κ3) is 5.15. The fourth-order valence-corrected chi connectivity index (χ4v) is 5.43. The fraction of sp³-hybridized carbons (Fsp3) is 0.381. The van der Waals surface area contributed by atoms with Crippen LogP contribution in [0.5, 0.6) is 0 Å². The van der Waals surface area contributed by atoms with Crippen molar-refractivity contribution in [3.8, 4) is 0 Å². The van der Waals surface area contributed by atoms with Gasteiger partial charge in [-0.15, -0.1) is 0 Å². The summed E-state index contributed by atoms with van der Waals surface area (Å²) in [6.07, 6.45) is 0. The highest BCUT2D eigenvalue weighted by Crippen LogP contribution is 2.24. The number of benzene rings is 2. The molecule has 0 aliphatic carbocycles. The number of rotatable bonds is 5. The van der Waals surface area contributed by atoms with Gasteiger partial charge in [0.15, 0.2) is 0 Å². The Labute approximate surface area is 187 Å². The molecule has 0 bridgehead atoms. The third-order valence-electron chi connectivity index (χ3n) is 5.45. The maximum Gasteiger partial charge on any atom is 0.243 e. The molecule has 0 unspecified atom stereocenters. The lowest BCUT2D eigenvalue weighted by Crippen LogP contribution is -2.53. The van der Waals surface area contributed by atoms with Gasteiger partial charge < -0.3 is 5.32 Å². The van der Waals surface area contributed by atoms with Gasteiger partial charge in [-0.3, -0.25) is 9.69 Å². The molecule has 1 N–H and O–H groups in total. The van der Waals surface area contributed by atoms with Gasteiger partial charge >= 0.3 is 0 Å². The first kappa shape index (κ1) is 23.0. The summed E-state index contributed by atoms with van der Waals surface area (Å²) < 4.78 is 27.4. The lowest BCUT2D eigenvalue weighted by Gasteiger charge is -2.36. The van der Waals surface area contributed by atoms with E-state index in [9.17, 15) is 13.2 Å². The summed E-state index contributed by atoms with van der Waals surface area (Å²) in [6, 6.07) is 9.62. The first-order valence-corrected chi connectivity index (χ1v) is 11.9. The first-order chi connectivity index (χ1) is 14.1. The number of carbonyl (C=O) groups is 1. The maximum atomic E-state index is 13.0. The molecule has 2 aromatic carbocycles. The van der Waals surface area contributed by atoms with Crippen LogP contribution in [0.4, 0.5) is 5.69 Å². The van der Waals surface area contributed by atoms with Gasteiger partial charge in [0.05, 0.1) is 10.9 Å². The molecule has 9 heteroatoms. The molecule has 0 spiro atoms. The fourth-order valence-electron chi connectivity index (χ4n) is 3.39. The summed E-state index contributed by atoms with van der Waals surface area (Å²) in [5.74, 6) is -0.196. The van der Waals surface area contributed by atoms with Gasteiger partial charge in [-0.2, -0.15) is 4.31 Å². The largest absolute Gasteiger partial charge is 0.325 e. The molecule has 6 nitrogen and oxygen atoms in total. The summed E-state index contributed by atoms with van der Waals surface area (Å²) in [6.45, 7) is 7.25. The lowest BCUT2D eigenvalue weighted by atomic mass is 10.1. The summed E-state index contributed by atoms with van der Waals surface area (Å²) >= 11 is 12.0. The average Bonchev–Trinajstić information content (AvgIpc) is 2.68. The topological polar surface area (TPSA) is 69.7 Å². The Morgan fingerprint density at radius 3 is 2.13 bits per heavy atom. The zero-order chi connectivity index (χ0) is 22.1. The number of hydrogen-bond donors (Lipinski definition) is 1. The molecule has 1 saturated heterocycles. The van der Waals surface area contributed by atoms with E-state index < -0.39 is 16.1 Å². The third-order valence-corrected chi connectivity index (χ3v) is 7.78. The van der Waals surface area contributed by atoms with Crippen LogP contribution in [0.3, 0.4) is 0 Å². The van der Waals surface area contributed by atoms with E-state index in [-0.39, 0.29) is 5.91 Å².